The molecule has 2 aliphatic rings. The summed E-state index contributed by atoms with van der Waals surface area (Å²) in [6, 6.07) is 0. The lowest BCUT2D eigenvalue weighted by Gasteiger charge is -2.30. The second kappa shape index (κ2) is 2.51. The van der Waals surface area contributed by atoms with Gasteiger partial charge in [-0.1, -0.05) is 6.42 Å². The van der Waals surface area contributed by atoms with Crippen LogP contribution >= 0.6 is 0 Å². The largest absolute Gasteiger partial charge is 0.358 e. The molecule has 57 valence electrons. The maximum atomic E-state index is 5.61. The maximum absolute atomic E-state index is 5.61. The smallest absolute Gasteiger partial charge is 0.134 e. The van der Waals surface area contributed by atoms with Crippen LogP contribution in [0.3, 0.4) is 0 Å². The lowest BCUT2D eigenvalue weighted by atomic mass is 9.92. The Balaban J connectivity index is 1.98. The van der Waals surface area contributed by atoms with E-state index in [9.17, 15) is 0 Å². The molecule has 0 atom stereocenters. The fraction of sp³-hybridized carbons (Fsp3) is 1.00. The summed E-state index contributed by atoms with van der Waals surface area (Å²) in [6.45, 7) is 1.79. The third kappa shape index (κ3) is 1.06. The summed E-state index contributed by atoms with van der Waals surface area (Å²) in [5.41, 5.74) is -0.00174. The van der Waals surface area contributed by atoms with Gasteiger partial charge in [-0.05, 0) is 25.7 Å². The highest BCUT2D eigenvalue weighted by Crippen LogP contribution is 2.32. The van der Waals surface area contributed by atoms with Gasteiger partial charge in [-0.3, -0.25) is 0 Å². The maximum Gasteiger partial charge on any atom is 0.134 e. The molecule has 0 unspecified atom stereocenters. The van der Waals surface area contributed by atoms with Crippen molar-refractivity contribution >= 4 is 0 Å². The van der Waals surface area contributed by atoms with Crippen LogP contribution in [0.1, 0.15) is 32.1 Å². The molecule has 2 nitrogen and oxygen atoms in total. The molecule has 1 spiro atoms. The quantitative estimate of drug-likeness (QED) is 0.497. The zero-order valence-electron chi connectivity index (χ0n) is 6.31. The van der Waals surface area contributed by atoms with Crippen LogP contribution in [-0.2, 0) is 4.74 Å². The molecule has 0 N–H and O–H groups in total. The second-order valence-electron chi connectivity index (χ2n) is 3.24. The molecule has 0 aromatic rings. The van der Waals surface area contributed by atoms with Crippen molar-refractivity contribution in [3.05, 3.63) is 0 Å². The molecule has 2 fully saturated rings. The minimum Gasteiger partial charge on any atom is -0.358 e. The second-order valence-corrected chi connectivity index (χ2v) is 3.24. The molecular weight excluding hydrogens is 126 g/mol. The van der Waals surface area contributed by atoms with Crippen LogP contribution in [0.15, 0.2) is 0 Å². The van der Waals surface area contributed by atoms with Gasteiger partial charge in [0.2, 0.25) is 0 Å². The van der Waals surface area contributed by atoms with E-state index in [1.165, 1.54) is 32.1 Å². The summed E-state index contributed by atoms with van der Waals surface area (Å²) in [4.78, 5) is 0. The van der Waals surface area contributed by atoms with E-state index >= 15 is 0 Å². The van der Waals surface area contributed by atoms with Gasteiger partial charge in [-0.25, -0.2) is 5.32 Å². The van der Waals surface area contributed by atoms with Crippen LogP contribution in [0, 0.1) is 0 Å². The molecular formula is C8H14NO. The van der Waals surface area contributed by atoms with Gasteiger partial charge in [0.1, 0.15) is 5.72 Å². The Morgan fingerprint density at radius 3 is 2.50 bits per heavy atom. The SMILES string of the molecule is C1CCC2(CC1)[N]CCO2. The first kappa shape index (κ1) is 6.62. The minimum absolute atomic E-state index is 0.00174. The number of hydrogen-bond donors (Lipinski definition) is 0. The minimum atomic E-state index is -0.00174. The molecule has 0 aromatic carbocycles. The van der Waals surface area contributed by atoms with Crippen molar-refractivity contribution < 1.29 is 4.74 Å². The van der Waals surface area contributed by atoms with Gasteiger partial charge in [0.05, 0.1) is 6.61 Å². The highest BCUT2D eigenvalue weighted by molar-refractivity contribution is 4.84. The van der Waals surface area contributed by atoms with Crippen LogP contribution in [-0.4, -0.2) is 18.9 Å². The zero-order chi connectivity index (χ0) is 6.86. The molecule has 1 radical (unpaired) electrons. The molecule has 0 aromatic heterocycles. The monoisotopic (exact) mass is 140 g/mol. The van der Waals surface area contributed by atoms with Gasteiger partial charge in [-0.15, -0.1) is 0 Å². The molecule has 1 heterocycles. The molecule has 0 bridgehead atoms. The van der Waals surface area contributed by atoms with Crippen molar-refractivity contribution in [2.75, 3.05) is 13.2 Å². The van der Waals surface area contributed by atoms with Gasteiger partial charge in [-0.2, -0.15) is 0 Å². The van der Waals surface area contributed by atoms with Crippen molar-refractivity contribution in [2.45, 2.75) is 37.8 Å². The summed E-state index contributed by atoms with van der Waals surface area (Å²) in [5.74, 6) is 0. The summed E-state index contributed by atoms with van der Waals surface area (Å²) in [5, 5.41) is 4.50. The molecule has 2 heteroatoms. The molecule has 10 heavy (non-hydrogen) atoms. The summed E-state index contributed by atoms with van der Waals surface area (Å²) < 4.78 is 5.61. The van der Waals surface area contributed by atoms with Crippen LogP contribution in [0.5, 0.6) is 0 Å². The Bertz CT molecular complexity index is 110. The third-order valence-electron chi connectivity index (χ3n) is 2.50. The molecule has 1 saturated heterocycles. The Morgan fingerprint density at radius 1 is 1.10 bits per heavy atom. The predicted octanol–water partition coefficient (Wildman–Crippen LogP) is 1.28. The van der Waals surface area contributed by atoms with Crippen molar-refractivity contribution in [1.82, 2.24) is 5.32 Å². The van der Waals surface area contributed by atoms with Crippen LogP contribution in [0.25, 0.3) is 0 Å². The van der Waals surface area contributed by atoms with E-state index in [1.807, 2.05) is 0 Å². The Morgan fingerprint density at radius 2 is 1.90 bits per heavy atom. The van der Waals surface area contributed by atoms with Crippen molar-refractivity contribution in [3.63, 3.8) is 0 Å². The first-order chi connectivity index (χ1) is 4.91. The Hall–Kier alpha value is -0.0800. The lowest BCUT2D eigenvalue weighted by molar-refractivity contribution is -0.0404. The molecule has 2 rings (SSSR count). The van der Waals surface area contributed by atoms with Gasteiger partial charge >= 0.3 is 0 Å². The zero-order valence-corrected chi connectivity index (χ0v) is 6.31. The fourth-order valence-electron chi connectivity index (χ4n) is 1.94. The van der Waals surface area contributed by atoms with E-state index in [2.05, 4.69) is 5.32 Å². The van der Waals surface area contributed by atoms with Crippen LogP contribution in [0.2, 0.25) is 0 Å². The van der Waals surface area contributed by atoms with Gasteiger partial charge in [0.25, 0.3) is 0 Å². The summed E-state index contributed by atoms with van der Waals surface area (Å²) >= 11 is 0. The van der Waals surface area contributed by atoms with Crippen LogP contribution in [0.4, 0.5) is 0 Å². The Labute approximate surface area is 61.9 Å². The van der Waals surface area contributed by atoms with E-state index in [1.54, 1.807) is 0 Å². The van der Waals surface area contributed by atoms with E-state index in [-0.39, 0.29) is 5.72 Å². The predicted molar refractivity (Wildman–Crippen MR) is 38.8 cm³/mol. The number of rotatable bonds is 0. The highest BCUT2D eigenvalue weighted by Gasteiger charge is 2.36. The molecule has 1 aliphatic heterocycles. The van der Waals surface area contributed by atoms with Gasteiger partial charge in [0, 0.05) is 6.54 Å². The molecule has 1 saturated carbocycles. The average molecular weight is 140 g/mol. The first-order valence-corrected chi connectivity index (χ1v) is 4.24. The standard InChI is InChI=1S/C8H14NO/c1-2-4-8(5-3-1)9-6-7-10-8/h1-7H2. The van der Waals surface area contributed by atoms with E-state index in [0.29, 0.717) is 0 Å². The first-order valence-electron chi connectivity index (χ1n) is 4.24. The van der Waals surface area contributed by atoms with E-state index in [0.717, 1.165) is 13.2 Å². The fourth-order valence-corrected chi connectivity index (χ4v) is 1.94. The van der Waals surface area contributed by atoms with E-state index in [4.69, 9.17) is 4.74 Å². The topological polar surface area (TPSA) is 23.3 Å². The number of nitrogens with zero attached hydrogens (tertiary/aromatic N) is 1. The average Bonchev–Trinajstić information content (AvgIpc) is 2.39. The van der Waals surface area contributed by atoms with Crippen molar-refractivity contribution in [2.24, 2.45) is 0 Å². The highest BCUT2D eigenvalue weighted by atomic mass is 16.5. The van der Waals surface area contributed by atoms with Gasteiger partial charge in [0.15, 0.2) is 0 Å². The van der Waals surface area contributed by atoms with Crippen molar-refractivity contribution in [3.8, 4) is 0 Å². The van der Waals surface area contributed by atoms with Crippen LogP contribution < -0.4 is 5.32 Å². The number of hydrogen-bond acceptors (Lipinski definition) is 1. The third-order valence-corrected chi connectivity index (χ3v) is 2.50. The summed E-state index contributed by atoms with van der Waals surface area (Å²) in [7, 11) is 0. The normalized spacial score (nSPS) is 31.2. The molecule has 0 amide bonds. The van der Waals surface area contributed by atoms with E-state index < -0.39 is 0 Å². The lowest BCUT2D eigenvalue weighted by Crippen LogP contribution is -2.38. The number of ether oxygens (including phenoxy) is 1. The Kier molecular flexibility index (Phi) is 1.66. The van der Waals surface area contributed by atoms with Gasteiger partial charge < -0.3 is 4.74 Å². The summed E-state index contributed by atoms with van der Waals surface area (Å²) in [6.07, 6.45) is 6.34. The molecule has 1 aliphatic carbocycles. The van der Waals surface area contributed by atoms with Crippen molar-refractivity contribution in [1.29, 1.82) is 0 Å².